The number of hydrogen-bond acceptors (Lipinski definition) is 5. The molecule has 2 aliphatic rings. The highest BCUT2D eigenvalue weighted by molar-refractivity contribution is 6.20. The Labute approximate surface area is 177 Å². The van der Waals surface area contributed by atoms with Crippen molar-refractivity contribution in [3.8, 4) is 0 Å². The highest BCUT2D eigenvalue weighted by Crippen LogP contribution is 2.22. The zero-order valence-corrected chi connectivity index (χ0v) is 17.4. The number of imide groups is 1. The Hall–Kier alpha value is -2.41. The zero-order valence-electron chi connectivity index (χ0n) is 16.5. The Balaban J connectivity index is 0.00000240. The fourth-order valence-corrected chi connectivity index (χ4v) is 3.78. The lowest BCUT2D eigenvalue weighted by atomic mass is 10.1. The minimum atomic E-state index is -0.368. The molecule has 2 aliphatic heterocycles. The Morgan fingerprint density at radius 1 is 0.897 bits per heavy atom. The van der Waals surface area contributed by atoms with Crippen molar-refractivity contribution >= 4 is 29.9 Å². The molecule has 2 aromatic rings. The van der Waals surface area contributed by atoms with Gasteiger partial charge < -0.3 is 4.90 Å². The van der Waals surface area contributed by atoms with Crippen molar-refractivity contribution in [2.45, 2.75) is 13.3 Å². The third kappa shape index (κ3) is 4.61. The largest absolute Gasteiger partial charge is 0.369 e. The summed E-state index contributed by atoms with van der Waals surface area (Å²) in [5, 5.41) is 0.903. The molecule has 0 bridgehead atoms. The molecule has 2 amide bonds. The molecule has 6 nitrogen and oxygen atoms in total. The van der Waals surface area contributed by atoms with E-state index in [2.05, 4.69) is 41.0 Å². The topological polar surface area (TPSA) is 53.1 Å². The van der Waals surface area contributed by atoms with Crippen molar-refractivity contribution in [1.29, 1.82) is 0 Å². The number of hydroxylamine groups is 2. The van der Waals surface area contributed by atoms with Crippen LogP contribution in [0.4, 0.5) is 5.69 Å². The summed E-state index contributed by atoms with van der Waals surface area (Å²) in [6.07, 6.45) is 0.776. The normalized spacial score (nSPS) is 16.7. The number of benzene rings is 2. The van der Waals surface area contributed by atoms with Gasteiger partial charge in [-0.15, -0.1) is 17.5 Å². The lowest BCUT2D eigenvalue weighted by Crippen LogP contribution is -2.46. The fourth-order valence-electron chi connectivity index (χ4n) is 3.78. The van der Waals surface area contributed by atoms with E-state index in [1.807, 2.05) is 0 Å². The van der Waals surface area contributed by atoms with Crippen LogP contribution in [0.25, 0.3) is 0 Å². The number of anilines is 1. The Morgan fingerprint density at radius 3 is 2.17 bits per heavy atom. The van der Waals surface area contributed by atoms with Gasteiger partial charge >= 0.3 is 0 Å². The van der Waals surface area contributed by atoms with E-state index < -0.39 is 0 Å². The molecule has 7 heteroatoms. The molecule has 1 fully saturated rings. The van der Waals surface area contributed by atoms with Crippen LogP contribution in [-0.4, -0.2) is 61.1 Å². The van der Waals surface area contributed by atoms with E-state index in [0.29, 0.717) is 17.7 Å². The van der Waals surface area contributed by atoms with Gasteiger partial charge in [-0.1, -0.05) is 24.3 Å². The smallest absolute Gasteiger partial charge is 0.285 e. The second-order valence-corrected chi connectivity index (χ2v) is 7.30. The van der Waals surface area contributed by atoms with Crippen LogP contribution in [-0.2, 0) is 4.84 Å². The minimum Gasteiger partial charge on any atom is -0.369 e. The molecule has 0 aliphatic carbocycles. The van der Waals surface area contributed by atoms with Gasteiger partial charge in [-0.3, -0.25) is 19.3 Å². The average molecular weight is 416 g/mol. The molecule has 0 N–H and O–H groups in total. The van der Waals surface area contributed by atoms with E-state index in [1.165, 1.54) is 11.3 Å². The number of aryl methyl sites for hydroxylation is 1. The molecule has 0 saturated carbocycles. The molecule has 154 valence electrons. The van der Waals surface area contributed by atoms with Crippen molar-refractivity contribution in [2.24, 2.45) is 0 Å². The van der Waals surface area contributed by atoms with E-state index in [4.69, 9.17) is 4.84 Å². The SMILES string of the molecule is Cc1cccc(N2CCN(CCCON3C(=O)c4ccccc4C3=O)CC2)c1.Cl. The van der Waals surface area contributed by atoms with E-state index >= 15 is 0 Å². The molecule has 0 aromatic heterocycles. The number of rotatable bonds is 6. The van der Waals surface area contributed by atoms with Crippen molar-refractivity contribution in [3.63, 3.8) is 0 Å². The van der Waals surface area contributed by atoms with Crippen LogP contribution in [0.1, 0.15) is 32.7 Å². The second-order valence-electron chi connectivity index (χ2n) is 7.30. The summed E-state index contributed by atoms with van der Waals surface area (Å²) < 4.78 is 0. The summed E-state index contributed by atoms with van der Waals surface area (Å²) in [5.41, 5.74) is 3.40. The van der Waals surface area contributed by atoms with Crippen molar-refractivity contribution in [3.05, 3.63) is 65.2 Å². The molecular weight excluding hydrogens is 390 g/mol. The zero-order chi connectivity index (χ0) is 19.5. The lowest BCUT2D eigenvalue weighted by Gasteiger charge is -2.36. The Kier molecular flexibility index (Phi) is 6.90. The summed E-state index contributed by atoms with van der Waals surface area (Å²) >= 11 is 0. The van der Waals surface area contributed by atoms with Gasteiger partial charge in [0.25, 0.3) is 11.8 Å². The summed E-state index contributed by atoms with van der Waals surface area (Å²) in [6.45, 7) is 7.37. The van der Waals surface area contributed by atoms with E-state index in [9.17, 15) is 9.59 Å². The molecule has 0 atom stereocenters. The van der Waals surface area contributed by atoms with Gasteiger partial charge in [-0.25, -0.2) is 0 Å². The predicted molar refractivity (Wildman–Crippen MR) is 115 cm³/mol. The Morgan fingerprint density at radius 2 is 1.55 bits per heavy atom. The second kappa shape index (κ2) is 9.39. The highest BCUT2D eigenvalue weighted by atomic mass is 35.5. The number of piperazine rings is 1. The molecule has 2 aromatic carbocycles. The number of carbonyl (C=O) groups excluding carboxylic acids is 2. The number of nitrogens with zero attached hydrogens (tertiary/aromatic N) is 3. The van der Waals surface area contributed by atoms with E-state index in [-0.39, 0.29) is 24.2 Å². The van der Waals surface area contributed by atoms with Gasteiger partial charge in [0.2, 0.25) is 0 Å². The van der Waals surface area contributed by atoms with Gasteiger partial charge in [0.1, 0.15) is 0 Å². The maximum Gasteiger partial charge on any atom is 0.285 e. The molecular formula is C22H26ClN3O3. The van der Waals surface area contributed by atoms with E-state index in [1.54, 1.807) is 24.3 Å². The van der Waals surface area contributed by atoms with E-state index in [0.717, 1.165) is 44.2 Å². The highest BCUT2D eigenvalue weighted by Gasteiger charge is 2.36. The van der Waals surface area contributed by atoms with Crippen LogP contribution in [0.15, 0.2) is 48.5 Å². The average Bonchev–Trinajstić information content (AvgIpc) is 2.96. The van der Waals surface area contributed by atoms with Gasteiger partial charge in [-0.05, 0) is 43.2 Å². The third-order valence-corrected chi connectivity index (χ3v) is 5.33. The van der Waals surface area contributed by atoms with Crippen LogP contribution in [0.5, 0.6) is 0 Å². The van der Waals surface area contributed by atoms with Crippen LogP contribution in [0, 0.1) is 6.92 Å². The first kappa shape index (κ1) is 21.3. The van der Waals surface area contributed by atoms with Crippen LogP contribution >= 0.6 is 12.4 Å². The first-order chi connectivity index (χ1) is 13.6. The lowest BCUT2D eigenvalue weighted by molar-refractivity contribution is -0.0930. The summed E-state index contributed by atoms with van der Waals surface area (Å²) in [4.78, 5) is 34.8. The summed E-state index contributed by atoms with van der Waals surface area (Å²) in [5.74, 6) is -0.736. The maximum atomic E-state index is 12.3. The molecule has 0 radical (unpaired) electrons. The molecule has 29 heavy (non-hydrogen) atoms. The minimum absolute atomic E-state index is 0. The maximum absolute atomic E-state index is 12.3. The van der Waals surface area contributed by atoms with Gasteiger partial charge in [0, 0.05) is 38.4 Å². The van der Waals surface area contributed by atoms with Crippen LogP contribution in [0.3, 0.4) is 0 Å². The quantitative estimate of drug-likeness (QED) is 0.536. The third-order valence-electron chi connectivity index (χ3n) is 5.33. The molecule has 1 saturated heterocycles. The van der Waals surface area contributed by atoms with Gasteiger partial charge in [-0.2, -0.15) is 0 Å². The van der Waals surface area contributed by atoms with Gasteiger partial charge in [0.15, 0.2) is 0 Å². The number of amides is 2. The molecule has 0 spiro atoms. The van der Waals surface area contributed by atoms with Crippen LogP contribution in [0.2, 0.25) is 0 Å². The molecule has 2 heterocycles. The monoisotopic (exact) mass is 415 g/mol. The number of hydrogen-bond donors (Lipinski definition) is 0. The predicted octanol–water partition coefficient (Wildman–Crippen LogP) is 3.16. The first-order valence-electron chi connectivity index (χ1n) is 9.78. The number of carbonyl (C=O) groups is 2. The number of fused-ring (bicyclic) bond motifs is 1. The van der Waals surface area contributed by atoms with Crippen molar-refractivity contribution in [2.75, 3.05) is 44.2 Å². The standard InChI is InChI=1S/C22H25N3O3.ClH/c1-17-6-4-7-18(16-17)24-13-11-23(12-14-24)10-5-15-28-25-21(26)19-8-2-3-9-20(19)22(25)27;/h2-4,6-9,16H,5,10-15H2,1H3;1H. The van der Waals surface area contributed by atoms with Gasteiger partial charge in [0.05, 0.1) is 17.7 Å². The molecule has 0 unspecified atom stereocenters. The summed E-state index contributed by atoms with van der Waals surface area (Å²) in [6, 6.07) is 15.4. The van der Waals surface area contributed by atoms with Crippen molar-refractivity contribution < 1.29 is 14.4 Å². The first-order valence-corrected chi connectivity index (χ1v) is 9.78. The molecule has 4 rings (SSSR count). The Bertz CT molecular complexity index is 846. The van der Waals surface area contributed by atoms with Crippen LogP contribution < -0.4 is 4.90 Å². The fraction of sp³-hybridized carbons (Fsp3) is 0.364. The van der Waals surface area contributed by atoms with Crippen molar-refractivity contribution in [1.82, 2.24) is 9.96 Å². The summed E-state index contributed by atoms with van der Waals surface area (Å²) in [7, 11) is 0. The number of halogens is 1.